The minimum Gasteiger partial charge on any atom is -0.393 e. The van der Waals surface area contributed by atoms with Gasteiger partial charge in [-0.1, -0.05) is 168 Å². The summed E-state index contributed by atoms with van der Waals surface area (Å²) in [7, 11) is 0. The Morgan fingerprint density at radius 3 is 0.550 bits per heavy atom. The minimum absolute atomic E-state index is 0.118. The lowest BCUT2D eigenvalue weighted by Crippen LogP contribution is -2.39. The van der Waals surface area contributed by atoms with Crippen molar-refractivity contribution in [3.05, 3.63) is 135 Å². The van der Waals surface area contributed by atoms with Crippen LogP contribution in [-0.2, 0) is 21.7 Å². The van der Waals surface area contributed by atoms with Crippen molar-refractivity contribution in [1.82, 2.24) is 0 Å². The maximum Gasteiger partial charge on any atom is 0.0595 e. The summed E-state index contributed by atoms with van der Waals surface area (Å²) in [5, 5.41) is 44.7. The summed E-state index contributed by atoms with van der Waals surface area (Å²) < 4.78 is 0. The third-order valence-electron chi connectivity index (χ3n) is 21.9. The third kappa shape index (κ3) is 14.5. The molecule has 0 unspecified atom stereocenters. The molecule has 0 heterocycles. The highest BCUT2D eigenvalue weighted by atomic mass is 35.5. The molecule has 4 N–H and O–H groups in total. The fourth-order valence-electron chi connectivity index (χ4n) is 17.3. The molecule has 12 rings (SSSR count). The van der Waals surface area contributed by atoms with Crippen molar-refractivity contribution in [2.75, 3.05) is 0 Å². The zero-order valence-electron chi connectivity index (χ0n) is 47.0. The van der Waals surface area contributed by atoms with Gasteiger partial charge in [-0.25, -0.2) is 0 Å². The van der Waals surface area contributed by atoms with E-state index < -0.39 is 0 Å². The van der Waals surface area contributed by atoms with Crippen LogP contribution in [0.25, 0.3) is 0 Å². The van der Waals surface area contributed by atoms with Crippen LogP contribution in [0, 0.1) is 23.7 Å². The standard InChI is InChI=1S/4C17H22Cl2O/c4*18-15-6-5-13(11-16(15)19)17(12-3-1-2-4-12)9-7-14(20)8-10-17/h4*5-6,11-12,14,20H,1-4,7-10H2. The van der Waals surface area contributed by atoms with Crippen LogP contribution in [0.1, 0.15) is 228 Å². The number of halogens is 8. The quantitative estimate of drug-likeness (QED) is 0.142. The summed E-state index contributed by atoms with van der Waals surface area (Å²) in [6.07, 6.45) is 36.8. The van der Waals surface area contributed by atoms with E-state index in [0.29, 0.717) is 40.2 Å². The van der Waals surface area contributed by atoms with Gasteiger partial charge in [0.25, 0.3) is 0 Å². The zero-order chi connectivity index (χ0) is 56.7. The van der Waals surface area contributed by atoms with E-state index in [1.54, 1.807) is 0 Å². The second-order valence-corrected chi connectivity index (χ2v) is 29.2. The molecule has 0 aliphatic heterocycles. The van der Waals surface area contributed by atoms with E-state index in [9.17, 15) is 20.4 Å². The monoisotopic (exact) mass is 1250 g/mol. The molecule has 12 heteroatoms. The molecule has 80 heavy (non-hydrogen) atoms. The van der Waals surface area contributed by atoms with Gasteiger partial charge in [-0.2, -0.15) is 0 Å². The molecule has 4 aromatic rings. The first-order chi connectivity index (χ1) is 38.5. The highest BCUT2D eigenvalue weighted by molar-refractivity contribution is 6.43. The van der Waals surface area contributed by atoms with Gasteiger partial charge in [-0.05, 0) is 270 Å². The van der Waals surface area contributed by atoms with Crippen molar-refractivity contribution in [1.29, 1.82) is 0 Å². The van der Waals surface area contributed by atoms with Crippen molar-refractivity contribution in [2.24, 2.45) is 23.7 Å². The van der Waals surface area contributed by atoms with Crippen LogP contribution < -0.4 is 0 Å². The molecule has 0 radical (unpaired) electrons. The Morgan fingerprint density at radius 2 is 0.400 bits per heavy atom. The topological polar surface area (TPSA) is 80.9 Å². The van der Waals surface area contributed by atoms with Crippen LogP contribution >= 0.6 is 92.8 Å². The van der Waals surface area contributed by atoms with Crippen LogP contribution in [0.15, 0.2) is 72.8 Å². The molecule has 0 aromatic heterocycles. The fraction of sp³-hybridized carbons (Fsp3) is 0.647. The number of benzene rings is 4. The largest absolute Gasteiger partial charge is 0.393 e. The van der Waals surface area contributed by atoms with Gasteiger partial charge in [-0.15, -0.1) is 0 Å². The summed E-state index contributed by atoms with van der Waals surface area (Å²) in [5.41, 5.74) is 6.20. The molecule has 8 fully saturated rings. The van der Waals surface area contributed by atoms with Crippen molar-refractivity contribution in [3.8, 4) is 0 Å². The van der Waals surface area contributed by atoms with Gasteiger partial charge in [0, 0.05) is 0 Å². The minimum atomic E-state index is -0.118. The maximum absolute atomic E-state index is 9.88. The Kier molecular flexibility index (Phi) is 22.8. The summed E-state index contributed by atoms with van der Waals surface area (Å²) in [5.74, 6) is 2.97. The normalized spacial score (nSPS) is 31.6. The number of rotatable bonds is 8. The third-order valence-corrected chi connectivity index (χ3v) is 24.9. The highest BCUT2D eigenvalue weighted by Crippen LogP contribution is 2.56. The van der Waals surface area contributed by atoms with Gasteiger partial charge in [0.1, 0.15) is 0 Å². The SMILES string of the molecule is OC1CCC(c2ccc(Cl)c(Cl)c2)(C2CCCC2)CC1.OC1CCC(c2ccc(Cl)c(Cl)c2)(C2CCCC2)CC1.OC1CCC(c2ccc(Cl)c(Cl)c2)(C2CCCC2)CC1.OC1CCC(c2ccc(Cl)c(Cl)c2)(C2CCCC2)CC1. The van der Waals surface area contributed by atoms with Crippen LogP contribution in [0.4, 0.5) is 0 Å². The summed E-state index contributed by atoms with van der Waals surface area (Å²) in [6.45, 7) is 0. The number of aliphatic hydroxyl groups excluding tert-OH is 4. The number of hydrogen-bond acceptors (Lipinski definition) is 4. The molecule has 8 aliphatic carbocycles. The Morgan fingerprint density at radius 1 is 0.237 bits per heavy atom. The first-order valence-electron chi connectivity index (χ1n) is 31.0. The molecule has 4 nitrogen and oxygen atoms in total. The summed E-state index contributed by atoms with van der Waals surface area (Å²) in [4.78, 5) is 0. The lowest BCUT2D eigenvalue weighted by molar-refractivity contribution is 0.0716. The van der Waals surface area contributed by atoms with Crippen molar-refractivity contribution >= 4 is 92.8 Å². The van der Waals surface area contributed by atoms with E-state index in [1.807, 2.05) is 24.3 Å². The second kappa shape index (κ2) is 28.7. The molecule has 0 bridgehead atoms. The van der Waals surface area contributed by atoms with Gasteiger partial charge < -0.3 is 20.4 Å². The molecule has 4 aromatic carbocycles. The van der Waals surface area contributed by atoms with E-state index in [-0.39, 0.29) is 46.1 Å². The van der Waals surface area contributed by atoms with Gasteiger partial charge in [0.2, 0.25) is 0 Å². The Bertz CT molecular complexity index is 2250. The molecule has 8 saturated carbocycles. The summed E-state index contributed by atoms with van der Waals surface area (Å²) >= 11 is 49.3. The molecule has 0 spiro atoms. The smallest absolute Gasteiger partial charge is 0.0595 e. The van der Waals surface area contributed by atoms with Crippen molar-refractivity contribution < 1.29 is 20.4 Å². The van der Waals surface area contributed by atoms with E-state index in [1.165, 1.54) is 125 Å². The van der Waals surface area contributed by atoms with Gasteiger partial charge in [0.15, 0.2) is 0 Å². The van der Waals surface area contributed by atoms with E-state index in [4.69, 9.17) is 92.8 Å². The van der Waals surface area contributed by atoms with E-state index in [0.717, 1.165) is 126 Å². The lowest BCUT2D eigenvalue weighted by atomic mass is 9.61. The van der Waals surface area contributed by atoms with Crippen LogP contribution in [-0.4, -0.2) is 44.8 Å². The van der Waals surface area contributed by atoms with E-state index >= 15 is 0 Å². The maximum atomic E-state index is 9.88. The molecule has 0 saturated heterocycles. The predicted molar refractivity (Wildman–Crippen MR) is 338 cm³/mol. The Hall–Kier alpha value is -0.960. The van der Waals surface area contributed by atoms with Gasteiger partial charge in [0.05, 0.1) is 64.6 Å². The highest BCUT2D eigenvalue weighted by Gasteiger charge is 2.48. The second-order valence-electron chi connectivity index (χ2n) is 26.0. The Labute approximate surface area is 519 Å². The van der Waals surface area contributed by atoms with Crippen LogP contribution in [0.2, 0.25) is 40.2 Å². The molecule has 0 atom stereocenters. The van der Waals surface area contributed by atoms with Crippen molar-refractivity contribution in [3.63, 3.8) is 0 Å². The zero-order valence-corrected chi connectivity index (χ0v) is 53.0. The molecule has 440 valence electrons. The Balaban J connectivity index is 0.000000129. The average Bonchev–Trinajstić information content (AvgIpc) is 4.44. The fourth-order valence-corrected chi connectivity index (χ4v) is 18.5. The molecule has 0 amide bonds. The molecular weight excluding hydrogens is 1160 g/mol. The predicted octanol–water partition coefficient (Wildman–Crippen LogP) is 21.4. The van der Waals surface area contributed by atoms with Gasteiger partial charge in [-0.3, -0.25) is 0 Å². The van der Waals surface area contributed by atoms with Crippen molar-refractivity contribution in [2.45, 2.75) is 252 Å². The first-order valence-corrected chi connectivity index (χ1v) is 34.0. The van der Waals surface area contributed by atoms with Gasteiger partial charge >= 0.3 is 0 Å². The van der Waals surface area contributed by atoms with Crippen LogP contribution in [0.5, 0.6) is 0 Å². The average molecular weight is 1250 g/mol. The number of hydrogen-bond donors (Lipinski definition) is 4. The molecule has 8 aliphatic rings. The number of aliphatic hydroxyl groups is 4. The first kappa shape index (κ1) is 63.5. The van der Waals surface area contributed by atoms with Crippen LogP contribution in [0.3, 0.4) is 0 Å². The summed E-state index contributed by atoms with van der Waals surface area (Å²) in [6, 6.07) is 24.6. The van der Waals surface area contributed by atoms with E-state index in [2.05, 4.69) is 48.5 Å². The lowest BCUT2D eigenvalue weighted by Gasteiger charge is -2.44. The molecular formula is C68H88Cl8O4.